The molecule has 7 heteroatoms. The molecule has 1 fully saturated rings. The summed E-state index contributed by atoms with van der Waals surface area (Å²) in [6.07, 6.45) is 3.78. The van der Waals surface area contributed by atoms with Gasteiger partial charge < -0.3 is 20.3 Å². The number of fused-ring (bicyclic) bond motifs is 5. The average Bonchev–Trinajstić information content (AvgIpc) is 3.15. The summed E-state index contributed by atoms with van der Waals surface area (Å²) in [7, 11) is 0. The van der Waals surface area contributed by atoms with Crippen LogP contribution in [0, 0.1) is 5.92 Å². The summed E-state index contributed by atoms with van der Waals surface area (Å²) < 4.78 is 6.43. The summed E-state index contributed by atoms with van der Waals surface area (Å²) in [5, 5.41) is 25.7. The van der Waals surface area contributed by atoms with E-state index in [2.05, 4.69) is 11.9 Å². The molecule has 0 spiro atoms. The van der Waals surface area contributed by atoms with Gasteiger partial charge in [0.1, 0.15) is 6.10 Å². The van der Waals surface area contributed by atoms with Crippen LogP contribution >= 0.6 is 0 Å². The van der Waals surface area contributed by atoms with Gasteiger partial charge in [-0.15, -0.1) is 6.58 Å². The zero-order chi connectivity index (χ0) is 25.9. The van der Waals surface area contributed by atoms with Gasteiger partial charge in [-0.25, -0.2) is 0 Å². The van der Waals surface area contributed by atoms with E-state index < -0.39 is 17.7 Å². The number of hydrogen-bond donors (Lipinski definition) is 3. The molecule has 7 nitrogen and oxygen atoms in total. The van der Waals surface area contributed by atoms with Crippen molar-refractivity contribution in [3.05, 3.63) is 71.8 Å². The van der Waals surface area contributed by atoms with Gasteiger partial charge in [0.25, 0.3) is 11.8 Å². The van der Waals surface area contributed by atoms with E-state index in [-0.39, 0.29) is 23.5 Å². The maximum absolute atomic E-state index is 13.3. The molecule has 3 aliphatic rings. The summed E-state index contributed by atoms with van der Waals surface area (Å²) in [5.74, 6) is -0.688. The Morgan fingerprint density at radius 2 is 1.83 bits per heavy atom. The van der Waals surface area contributed by atoms with Crippen molar-refractivity contribution in [2.24, 2.45) is 5.92 Å². The molecule has 0 radical (unpaired) electrons. The Balaban J connectivity index is 0.00000148. The van der Waals surface area contributed by atoms with Crippen LogP contribution in [0.25, 0.3) is 0 Å². The second-order valence-corrected chi connectivity index (χ2v) is 9.51. The Morgan fingerprint density at radius 1 is 1.14 bits per heavy atom. The maximum Gasteiger partial charge on any atom is 0.261 e. The standard InChI is InChI=1S/C27H30N2O5.C2H6/c1-2-14-28-15-11-20-24-21(29-25(31)18-5-3-4-6-19(18)26(29)32)10-13-27(20,33)12-9-17-7-8-22(30)23(16-17)34-24;1-2/h2-8,16,20-21,24,28,30,33H,1,9-15H2;1-2H3. The van der Waals surface area contributed by atoms with Gasteiger partial charge in [-0.3, -0.25) is 14.5 Å². The molecular weight excluding hydrogens is 456 g/mol. The topological polar surface area (TPSA) is 99.1 Å². The third kappa shape index (κ3) is 4.65. The highest BCUT2D eigenvalue weighted by Gasteiger charge is 2.54. The van der Waals surface area contributed by atoms with Crippen molar-refractivity contribution >= 4 is 11.8 Å². The second-order valence-electron chi connectivity index (χ2n) is 9.51. The number of rotatable bonds is 6. The molecule has 5 rings (SSSR count). The predicted octanol–water partition coefficient (Wildman–Crippen LogP) is 4.08. The third-order valence-corrected chi connectivity index (χ3v) is 7.55. The molecule has 36 heavy (non-hydrogen) atoms. The summed E-state index contributed by atoms with van der Waals surface area (Å²) in [6.45, 7) is 9.00. The van der Waals surface area contributed by atoms with Crippen LogP contribution in [0.4, 0.5) is 0 Å². The lowest BCUT2D eigenvalue weighted by Crippen LogP contribution is -2.61. The van der Waals surface area contributed by atoms with Crippen LogP contribution in [0.1, 0.15) is 65.8 Å². The highest BCUT2D eigenvalue weighted by atomic mass is 16.5. The van der Waals surface area contributed by atoms with Crippen molar-refractivity contribution in [1.29, 1.82) is 0 Å². The van der Waals surface area contributed by atoms with Crippen LogP contribution in [0.3, 0.4) is 0 Å². The molecule has 3 N–H and O–H groups in total. The fourth-order valence-corrected chi connectivity index (χ4v) is 5.79. The van der Waals surface area contributed by atoms with E-state index in [1.165, 1.54) is 4.90 Å². The molecule has 2 aromatic carbocycles. The monoisotopic (exact) mass is 492 g/mol. The van der Waals surface area contributed by atoms with E-state index in [9.17, 15) is 19.8 Å². The van der Waals surface area contributed by atoms with Crippen LogP contribution in [-0.4, -0.2) is 57.8 Å². The van der Waals surface area contributed by atoms with Crippen LogP contribution in [0.15, 0.2) is 55.1 Å². The number of amides is 2. The Hall–Kier alpha value is -3.16. The van der Waals surface area contributed by atoms with Gasteiger partial charge in [0.2, 0.25) is 0 Å². The number of hydrogen-bond acceptors (Lipinski definition) is 6. The molecule has 0 aromatic heterocycles. The summed E-state index contributed by atoms with van der Waals surface area (Å²) in [4.78, 5) is 28.0. The van der Waals surface area contributed by atoms with Crippen LogP contribution in [0.5, 0.6) is 11.5 Å². The molecule has 0 saturated heterocycles. The number of ether oxygens (including phenoxy) is 1. The van der Waals surface area contributed by atoms with Crippen molar-refractivity contribution in [3.63, 3.8) is 0 Å². The smallest absolute Gasteiger partial charge is 0.261 e. The van der Waals surface area contributed by atoms with Gasteiger partial charge in [-0.05, 0) is 68.5 Å². The SMILES string of the molecule is C=CCNCCC1C2Oc3cc(ccc3O)CCC1(O)CCC2N1C(=O)c2ccccc2C1=O.CC. The Morgan fingerprint density at radius 3 is 2.50 bits per heavy atom. The highest BCUT2D eigenvalue weighted by molar-refractivity contribution is 6.21. The van der Waals surface area contributed by atoms with E-state index >= 15 is 0 Å². The lowest BCUT2D eigenvalue weighted by molar-refractivity contribution is -0.123. The molecule has 4 unspecified atom stereocenters. The normalized spacial score (nSPS) is 26.5. The first kappa shape index (κ1) is 25.9. The van der Waals surface area contributed by atoms with Gasteiger partial charge in [-0.2, -0.15) is 0 Å². The van der Waals surface area contributed by atoms with Crippen LogP contribution in [-0.2, 0) is 6.42 Å². The number of phenolic OH excluding ortho intramolecular Hbond substituents is 1. The number of nitrogens with one attached hydrogen (secondary N) is 1. The van der Waals surface area contributed by atoms with E-state index in [4.69, 9.17) is 4.74 Å². The lowest BCUT2D eigenvalue weighted by atomic mass is 9.67. The first-order valence-corrected chi connectivity index (χ1v) is 12.9. The van der Waals surface area contributed by atoms with Crippen molar-refractivity contribution < 1.29 is 24.5 Å². The number of carbonyl (C=O) groups is 2. The average molecular weight is 493 g/mol. The fraction of sp³-hybridized carbons (Fsp3) is 0.448. The van der Waals surface area contributed by atoms with Crippen molar-refractivity contribution in [3.8, 4) is 11.5 Å². The molecule has 1 saturated carbocycles. The predicted molar refractivity (Wildman–Crippen MR) is 138 cm³/mol. The maximum atomic E-state index is 13.3. The van der Waals surface area contributed by atoms with Gasteiger partial charge in [0.15, 0.2) is 11.5 Å². The minimum absolute atomic E-state index is 0.00408. The minimum Gasteiger partial charge on any atom is -0.504 e. The molecule has 4 atom stereocenters. The molecule has 1 aliphatic carbocycles. The fourth-order valence-electron chi connectivity index (χ4n) is 5.79. The van der Waals surface area contributed by atoms with Crippen molar-refractivity contribution in [1.82, 2.24) is 10.2 Å². The summed E-state index contributed by atoms with van der Waals surface area (Å²) in [5.41, 5.74) is 0.739. The summed E-state index contributed by atoms with van der Waals surface area (Å²) >= 11 is 0. The molecule has 2 amide bonds. The highest BCUT2D eigenvalue weighted by Crippen LogP contribution is 2.46. The number of carbonyl (C=O) groups excluding carboxylic acids is 2. The Kier molecular flexibility index (Phi) is 7.81. The Bertz CT molecular complexity index is 1100. The van der Waals surface area contributed by atoms with Gasteiger partial charge in [0, 0.05) is 12.5 Å². The number of aliphatic hydroxyl groups is 1. The molecular formula is C29H36N2O5. The molecule has 2 aliphatic heterocycles. The Labute approximate surface area is 212 Å². The summed E-state index contributed by atoms with van der Waals surface area (Å²) in [6, 6.07) is 11.5. The van der Waals surface area contributed by atoms with E-state index in [0.29, 0.717) is 62.1 Å². The number of imide groups is 1. The van der Waals surface area contributed by atoms with E-state index in [1.54, 1.807) is 42.5 Å². The first-order chi connectivity index (χ1) is 17.4. The largest absolute Gasteiger partial charge is 0.504 e. The number of phenols is 1. The number of nitrogens with zero attached hydrogens (tertiary/aromatic N) is 1. The van der Waals surface area contributed by atoms with Gasteiger partial charge in [-0.1, -0.05) is 38.1 Å². The zero-order valence-corrected chi connectivity index (χ0v) is 21.1. The zero-order valence-electron chi connectivity index (χ0n) is 21.1. The quantitative estimate of drug-likeness (QED) is 0.319. The number of benzene rings is 2. The lowest BCUT2D eigenvalue weighted by Gasteiger charge is -2.49. The van der Waals surface area contributed by atoms with E-state index in [1.807, 2.05) is 19.9 Å². The number of aromatic hydroxyl groups is 1. The van der Waals surface area contributed by atoms with Gasteiger partial charge >= 0.3 is 0 Å². The molecule has 2 aromatic rings. The minimum atomic E-state index is -1.02. The second kappa shape index (κ2) is 10.8. The molecule has 4 bridgehead atoms. The molecule has 2 heterocycles. The molecule has 192 valence electrons. The van der Waals surface area contributed by atoms with Crippen LogP contribution in [0.2, 0.25) is 0 Å². The van der Waals surface area contributed by atoms with Crippen molar-refractivity contribution in [2.45, 2.75) is 63.7 Å². The third-order valence-electron chi connectivity index (χ3n) is 7.55. The number of aryl methyl sites for hydroxylation is 1. The van der Waals surface area contributed by atoms with Crippen molar-refractivity contribution in [2.75, 3.05) is 13.1 Å². The van der Waals surface area contributed by atoms with Crippen LogP contribution < -0.4 is 10.1 Å². The van der Waals surface area contributed by atoms with Gasteiger partial charge in [0.05, 0.1) is 22.8 Å². The first-order valence-electron chi connectivity index (χ1n) is 12.9. The van der Waals surface area contributed by atoms with E-state index in [0.717, 1.165) is 5.56 Å².